The molecular formula is C17H12BrClN2O3. The molecule has 0 bridgehead atoms. The van der Waals surface area contributed by atoms with E-state index in [2.05, 4.69) is 26.2 Å². The van der Waals surface area contributed by atoms with Crippen molar-refractivity contribution in [1.82, 2.24) is 10.3 Å². The molecule has 0 aliphatic carbocycles. The number of H-pyrrole nitrogens is 1. The lowest BCUT2D eigenvalue weighted by molar-refractivity contribution is 0.0947. The van der Waals surface area contributed by atoms with Gasteiger partial charge in [-0.15, -0.1) is 0 Å². The molecule has 0 atom stereocenters. The van der Waals surface area contributed by atoms with Crippen molar-refractivity contribution < 1.29 is 14.3 Å². The molecule has 0 fully saturated rings. The number of nitrogens with one attached hydrogen (secondary N) is 2. The van der Waals surface area contributed by atoms with Crippen LogP contribution in [0.25, 0.3) is 10.9 Å². The highest BCUT2D eigenvalue weighted by molar-refractivity contribution is 9.10. The Morgan fingerprint density at radius 2 is 2.04 bits per heavy atom. The molecular weight excluding hydrogens is 396 g/mol. The number of ether oxygens (including phenoxy) is 2. The average molecular weight is 408 g/mol. The number of hydrogen-bond donors (Lipinski definition) is 2. The summed E-state index contributed by atoms with van der Waals surface area (Å²) in [6, 6.07) is 11.2. The molecule has 2 aromatic carbocycles. The van der Waals surface area contributed by atoms with E-state index in [1.165, 1.54) is 0 Å². The van der Waals surface area contributed by atoms with Crippen LogP contribution >= 0.6 is 27.5 Å². The van der Waals surface area contributed by atoms with Crippen LogP contribution in [0.5, 0.6) is 11.5 Å². The second-order valence-corrected chi connectivity index (χ2v) is 6.67. The number of rotatable bonds is 3. The Hall–Kier alpha value is -2.18. The van der Waals surface area contributed by atoms with Crippen molar-refractivity contribution in [2.45, 2.75) is 6.54 Å². The van der Waals surface area contributed by atoms with E-state index in [9.17, 15) is 4.79 Å². The summed E-state index contributed by atoms with van der Waals surface area (Å²) in [6.45, 7) is 0.593. The Bertz CT molecular complexity index is 954. The quantitative estimate of drug-likeness (QED) is 0.682. The lowest BCUT2D eigenvalue weighted by Crippen LogP contribution is -2.23. The van der Waals surface area contributed by atoms with Crippen molar-refractivity contribution >= 4 is 44.3 Å². The molecule has 1 amide bonds. The number of halogens is 2. The number of fused-ring (bicyclic) bond motifs is 2. The zero-order chi connectivity index (χ0) is 16.7. The van der Waals surface area contributed by atoms with Crippen molar-refractivity contribution in [3.05, 3.63) is 57.2 Å². The van der Waals surface area contributed by atoms with Crippen LogP contribution in [0.4, 0.5) is 0 Å². The first-order valence-corrected chi connectivity index (χ1v) is 8.42. The molecule has 1 aromatic heterocycles. The van der Waals surface area contributed by atoms with Gasteiger partial charge >= 0.3 is 0 Å². The smallest absolute Gasteiger partial charge is 0.269 e. The number of benzene rings is 2. The molecule has 0 spiro atoms. The summed E-state index contributed by atoms with van der Waals surface area (Å²) in [6.07, 6.45) is 0. The number of hydrogen-bond acceptors (Lipinski definition) is 3. The molecule has 7 heteroatoms. The van der Waals surface area contributed by atoms with Crippen LogP contribution in [0, 0.1) is 0 Å². The summed E-state index contributed by atoms with van der Waals surface area (Å²) >= 11 is 9.74. The maximum Gasteiger partial charge on any atom is 0.269 e. The van der Waals surface area contributed by atoms with E-state index in [1.807, 2.05) is 36.4 Å². The third kappa shape index (κ3) is 2.72. The van der Waals surface area contributed by atoms with Crippen molar-refractivity contribution in [2.75, 3.05) is 6.79 Å². The first-order chi connectivity index (χ1) is 11.6. The predicted molar refractivity (Wildman–Crippen MR) is 94.7 cm³/mol. The van der Waals surface area contributed by atoms with Crippen LogP contribution in [-0.2, 0) is 6.54 Å². The van der Waals surface area contributed by atoms with Gasteiger partial charge in [-0.1, -0.05) is 33.6 Å². The van der Waals surface area contributed by atoms with E-state index in [1.54, 1.807) is 0 Å². The highest BCUT2D eigenvalue weighted by Crippen LogP contribution is 2.33. The number of carbonyl (C=O) groups excluding carboxylic acids is 1. The highest BCUT2D eigenvalue weighted by Gasteiger charge is 2.17. The van der Waals surface area contributed by atoms with Gasteiger partial charge in [0, 0.05) is 21.9 Å². The molecule has 0 saturated heterocycles. The summed E-state index contributed by atoms with van der Waals surface area (Å²) in [4.78, 5) is 15.5. The molecule has 0 saturated carbocycles. The maximum absolute atomic E-state index is 12.4. The van der Waals surface area contributed by atoms with Gasteiger partial charge in [-0.05, 0) is 35.9 Å². The van der Waals surface area contributed by atoms with Crippen LogP contribution in [0.15, 0.2) is 40.9 Å². The summed E-state index contributed by atoms with van der Waals surface area (Å²) in [7, 11) is 0. The van der Waals surface area contributed by atoms with Gasteiger partial charge in [0.15, 0.2) is 11.5 Å². The van der Waals surface area contributed by atoms with Gasteiger partial charge < -0.3 is 19.8 Å². The minimum absolute atomic E-state index is 0.228. The van der Waals surface area contributed by atoms with Crippen molar-refractivity contribution in [3.63, 3.8) is 0 Å². The van der Waals surface area contributed by atoms with Crippen molar-refractivity contribution in [3.8, 4) is 11.5 Å². The molecule has 2 heterocycles. The predicted octanol–water partition coefficient (Wildman–Crippen LogP) is 4.24. The Labute approximate surface area is 151 Å². The second kappa shape index (κ2) is 6.03. The Balaban J connectivity index is 1.53. The molecule has 1 aliphatic rings. The number of aromatic nitrogens is 1. The number of carbonyl (C=O) groups is 1. The van der Waals surface area contributed by atoms with Gasteiger partial charge in [-0.2, -0.15) is 0 Å². The van der Waals surface area contributed by atoms with E-state index in [0.29, 0.717) is 28.8 Å². The largest absolute Gasteiger partial charge is 0.454 e. The minimum Gasteiger partial charge on any atom is -0.454 e. The zero-order valence-corrected chi connectivity index (χ0v) is 14.7. The summed E-state index contributed by atoms with van der Waals surface area (Å²) in [5.41, 5.74) is 2.09. The standard InChI is InChI=1S/C17H12BrClN2O3/c18-10-2-3-12-11(6-10)15(19)16(21-12)17(22)20-7-9-1-4-13-14(5-9)24-8-23-13/h1-6,21H,7-8H2,(H,20,22). The molecule has 4 rings (SSSR count). The lowest BCUT2D eigenvalue weighted by Gasteiger charge is -2.05. The van der Waals surface area contributed by atoms with Gasteiger partial charge in [0.1, 0.15) is 5.69 Å². The fourth-order valence-corrected chi connectivity index (χ4v) is 3.26. The summed E-state index contributed by atoms with van der Waals surface area (Å²) in [5.74, 6) is 1.15. The average Bonchev–Trinajstić information content (AvgIpc) is 3.17. The monoisotopic (exact) mass is 406 g/mol. The van der Waals surface area contributed by atoms with E-state index in [0.717, 1.165) is 20.9 Å². The van der Waals surface area contributed by atoms with Crippen LogP contribution < -0.4 is 14.8 Å². The zero-order valence-electron chi connectivity index (χ0n) is 12.4. The summed E-state index contributed by atoms with van der Waals surface area (Å²) in [5, 5.41) is 4.08. The molecule has 1 aliphatic heterocycles. The maximum atomic E-state index is 12.4. The third-order valence-corrected chi connectivity index (χ3v) is 4.70. The fraction of sp³-hybridized carbons (Fsp3) is 0.118. The van der Waals surface area contributed by atoms with E-state index < -0.39 is 0 Å². The van der Waals surface area contributed by atoms with E-state index in [4.69, 9.17) is 21.1 Å². The van der Waals surface area contributed by atoms with E-state index in [-0.39, 0.29) is 12.7 Å². The van der Waals surface area contributed by atoms with Crippen LogP contribution in [-0.4, -0.2) is 17.7 Å². The van der Waals surface area contributed by atoms with Gasteiger partial charge in [0.25, 0.3) is 5.91 Å². The van der Waals surface area contributed by atoms with Gasteiger partial charge in [-0.3, -0.25) is 4.79 Å². The van der Waals surface area contributed by atoms with Crippen LogP contribution in [0.1, 0.15) is 16.1 Å². The molecule has 24 heavy (non-hydrogen) atoms. The Morgan fingerprint density at radius 3 is 2.92 bits per heavy atom. The second-order valence-electron chi connectivity index (χ2n) is 5.37. The summed E-state index contributed by atoms with van der Waals surface area (Å²) < 4.78 is 11.5. The van der Waals surface area contributed by atoms with Crippen LogP contribution in [0.3, 0.4) is 0 Å². The molecule has 122 valence electrons. The molecule has 5 nitrogen and oxygen atoms in total. The van der Waals surface area contributed by atoms with Crippen molar-refractivity contribution in [2.24, 2.45) is 0 Å². The Morgan fingerprint density at radius 1 is 1.21 bits per heavy atom. The molecule has 2 N–H and O–H groups in total. The van der Waals surface area contributed by atoms with Gasteiger partial charge in [0.2, 0.25) is 6.79 Å². The number of aromatic amines is 1. The Kier molecular flexibility index (Phi) is 3.86. The topological polar surface area (TPSA) is 63.4 Å². The van der Waals surface area contributed by atoms with Crippen molar-refractivity contribution in [1.29, 1.82) is 0 Å². The number of amides is 1. The fourth-order valence-electron chi connectivity index (χ4n) is 2.61. The molecule has 0 radical (unpaired) electrons. The molecule has 0 unspecified atom stereocenters. The van der Waals surface area contributed by atoms with Crippen LogP contribution in [0.2, 0.25) is 5.02 Å². The first kappa shape index (κ1) is 15.4. The first-order valence-electron chi connectivity index (χ1n) is 7.25. The SMILES string of the molecule is O=C(NCc1ccc2c(c1)OCO2)c1[nH]c2ccc(Br)cc2c1Cl. The highest BCUT2D eigenvalue weighted by atomic mass is 79.9. The normalized spacial score (nSPS) is 12.6. The third-order valence-electron chi connectivity index (χ3n) is 3.81. The lowest BCUT2D eigenvalue weighted by atomic mass is 10.2. The minimum atomic E-state index is -0.259. The van der Waals surface area contributed by atoms with E-state index >= 15 is 0 Å². The van der Waals surface area contributed by atoms with Gasteiger partial charge in [0.05, 0.1) is 5.02 Å². The molecule has 3 aromatic rings. The van der Waals surface area contributed by atoms with Gasteiger partial charge in [-0.25, -0.2) is 0 Å².